The summed E-state index contributed by atoms with van der Waals surface area (Å²) in [5.74, 6) is -0.0432. The average Bonchev–Trinajstić information content (AvgIpc) is 3.08. The Morgan fingerprint density at radius 2 is 1.83 bits per heavy atom. The van der Waals surface area contributed by atoms with Gasteiger partial charge < -0.3 is 4.74 Å². The molecule has 1 saturated heterocycles. The summed E-state index contributed by atoms with van der Waals surface area (Å²) in [4.78, 5) is 37.7. The molecule has 2 amide bonds. The maximum absolute atomic E-state index is 13.0. The number of hydrogen-bond acceptors (Lipinski definition) is 6. The number of nitro benzene ring substituents is 1. The molecule has 0 aliphatic carbocycles. The molecular formula is C24H15BrCl2N2O5S. The van der Waals surface area contributed by atoms with Crippen LogP contribution in [0, 0.1) is 10.1 Å². The molecule has 178 valence electrons. The largest absolute Gasteiger partial charge is 0.488 e. The quantitative estimate of drug-likeness (QED) is 0.160. The van der Waals surface area contributed by atoms with E-state index >= 15 is 0 Å². The maximum Gasteiger partial charge on any atom is 0.293 e. The first-order valence-electron chi connectivity index (χ1n) is 10.1. The molecule has 0 radical (unpaired) electrons. The van der Waals surface area contributed by atoms with Crippen molar-refractivity contribution in [1.82, 2.24) is 4.90 Å². The summed E-state index contributed by atoms with van der Waals surface area (Å²) in [5, 5.41) is 11.6. The number of nitro groups is 1. The number of benzene rings is 3. The van der Waals surface area contributed by atoms with Gasteiger partial charge in [-0.15, -0.1) is 0 Å². The molecule has 1 fully saturated rings. The van der Waals surface area contributed by atoms with E-state index in [0.717, 1.165) is 21.1 Å². The number of carbonyl (C=O) groups excluding carboxylic acids is 2. The smallest absolute Gasteiger partial charge is 0.293 e. The molecule has 0 unspecified atom stereocenters. The van der Waals surface area contributed by atoms with E-state index in [2.05, 4.69) is 15.9 Å². The van der Waals surface area contributed by atoms with Crippen LogP contribution in [0.3, 0.4) is 0 Å². The highest BCUT2D eigenvalue weighted by molar-refractivity contribution is 9.10. The molecule has 4 rings (SSSR count). The SMILES string of the molecule is O=C1S/C(=C\c2cc(Br)ccc2OCc2ccccc2[N+](=O)[O-])C(=O)N1Cc1ccc(Cl)c(Cl)c1. The second-order valence-corrected chi connectivity index (χ2v) is 10.1. The van der Waals surface area contributed by atoms with E-state index in [1.54, 1.807) is 60.7 Å². The van der Waals surface area contributed by atoms with E-state index in [4.69, 9.17) is 27.9 Å². The van der Waals surface area contributed by atoms with E-state index in [1.807, 2.05) is 0 Å². The molecule has 0 N–H and O–H groups in total. The molecular weight excluding hydrogens is 579 g/mol. The molecule has 0 saturated carbocycles. The minimum Gasteiger partial charge on any atom is -0.488 e. The van der Waals surface area contributed by atoms with Crippen molar-refractivity contribution in [1.29, 1.82) is 0 Å². The number of carbonyl (C=O) groups is 2. The normalized spacial score (nSPS) is 14.6. The topological polar surface area (TPSA) is 89.7 Å². The Hall–Kier alpha value is -2.85. The molecule has 35 heavy (non-hydrogen) atoms. The summed E-state index contributed by atoms with van der Waals surface area (Å²) in [6.45, 7) is 0.0108. The number of thioether (sulfide) groups is 1. The van der Waals surface area contributed by atoms with Crippen LogP contribution in [0.5, 0.6) is 5.75 Å². The highest BCUT2D eigenvalue weighted by atomic mass is 79.9. The van der Waals surface area contributed by atoms with Crippen molar-refractivity contribution in [2.75, 3.05) is 0 Å². The van der Waals surface area contributed by atoms with Crippen LogP contribution < -0.4 is 4.74 Å². The Kier molecular flexibility index (Phi) is 7.81. The summed E-state index contributed by atoms with van der Waals surface area (Å²) in [6, 6.07) is 16.4. The highest BCUT2D eigenvalue weighted by Gasteiger charge is 2.35. The Balaban J connectivity index is 1.57. The monoisotopic (exact) mass is 592 g/mol. The van der Waals surface area contributed by atoms with Gasteiger partial charge in [-0.05, 0) is 59.8 Å². The summed E-state index contributed by atoms with van der Waals surface area (Å²) in [7, 11) is 0. The molecule has 1 heterocycles. The summed E-state index contributed by atoms with van der Waals surface area (Å²) in [6.07, 6.45) is 1.57. The van der Waals surface area contributed by atoms with Crippen molar-refractivity contribution >= 4 is 73.8 Å². The lowest BCUT2D eigenvalue weighted by atomic mass is 10.1. The fourth-order valence-corrected chi connectivity index (χ4v) is 4.86. The molecule has 0 aromatic heterocycles. The Labute approximate surface area is 222 Å². The van der Waals surface area contributed by atoms with Gasteiger partial charge >= 0.3 is 0 Å². The zero-order valence-corrected chi connectivity index (χ0v) is 21.7. The molecule has 7 nitrogen and oxygen atoms in total. The summed E-state index contributed by atoms with van der Waals surface area (Å²) < 4.78 is 6.61. The first-order chi connectivity index (χ1) is 16.7. The number of para-hydroxylation sites is 1. The van der Waals surface area contributed by atoms with Crippen LogP contribution in [-0.2, 0) is 17.9 Å². The average molecular weight is 594 g/mol. The second-order valence-electron chi connectivity index (χ2n) is 7.37. The van der Waals surface area contributed by atoms with E-state index in [1.165, 1.54) is 6.07 Å². The lowest BCUT2D eigenvalue weighted by molar-refractivity contribution is -0.385. The summed E-state index contributed by atoms with van der Waals surface area (Å²) >= 11 is 16.2. The van der Waals surface area contributed by atoms with Crippen molar-refractivity contribution < 1.29 is 19.2 Å². The molecule has 3 aromatic rings. The van der Waals surface area contributed by atoms with Gasteiger partial charge in [-0.1, -0.05) is 57.3 Å². The number of imide groups is 1. The standard InChI is InChI=1S/C24H15BrCl2N2O5S/c25-17-6-8-21(34-13-15-3-1-2-4-20(15)29(32)33)16(10-17)11-22-23(30)28(24(31)35-22)12-14-5-7-18(26)19(27)9-14/h1-11H,12-13H2/b22-11-. The highest BCUT2D eigenvalue weighted by Crippen LogP contribution is 2.36. The fraction of sp³-hybridized carbons (Fsp3) is 0.0833. The predicted octanol–water partition coefficient (Wildman–Crippen LogP) is 7.48. The van der Waals surface area contributed by atoms with Crippen LogP contribution in [0.15, 0.2) is 70.0 Å². The first kappa shape index (κ1) is 25.2. The maximum atomic E-state index is 13.0. The Morgan fingerprint density at radius 3 is 2.57 bits per heavy atom. The van der Waals surface area contributed by atoms with Crippen molar-refractivity contribution in [2.45, 2.75) is 13.2 Å². The summed E-state index contributed by atoms with van der Waals surface area (Å²) in [5.41, 5.74) is 1.57. The Bertz CT molecular complexity index is 1380. The number of amides is 2. The van der Waals surface area contributed by atoms with Gasteiger partial charge in [-0.2, -0.15) is 0 Å². The minimum atomic E-state index is -0.467. The zero-order chi connectivity index (χ0) is 25.1. The van der Waals surface area contributed by atoms with Gasteiger partial charge in [0.2, 0.25) is 0 Å². The molecule has 3 aromatic carbocycles. The zero-order valence-electron chi connectivity index (χ0n) is 17.7. The van der Waals surface area contributed by atoms with Crippen LogP contribution in [0.4, 0.5) is 10.5 Å². The van der Waals surface area contributed by atoms with E-state index in [-0.39, 0.29) is 23.7 Å². The van der Waals surface area contributed by atoms with Crippen LogP contribution in [0.25, 0.3) is 6.08 Å². The van der Waals surface area contributed by atoms with Crippen LogP contribution in [0.1, 0.15) is 16.7 Å². The van der Waals surface area contributed by atoms with E-state index in [9.17, 15) is 19.7 Å². The lowest BCUT2D eigenvalue weighted by Gasteiger charge is -2.13. The number of hydrogen-bond donors (Lipinski definition) is 0. The molecule has 0 bridgehead atoms. The van der Waals surface area contributed by atoms with Crippen LogP contribution >= 0.6 is 50.9 Å². The van der Waals surface area contributed by atoms with Gasteiger partial charge in [0, 0.05) is 16.1 Å². The second kappa shape index (κ2) is 10.8. The van der Waals surface area contributed by atoms with Gasteiger partial charge in [-0.3, -0.25) is 24.6 Å². The van der Waals surface area contributed by atoms with Gasteiger partial charge in [0.05, 0.1) is 32.0 Å². The van der Waals surface area contributed by atoms with Gasteiger partial charge in [0.25, 0.3) is 16.8 Å². The van der Waals surface area contributed by atoms with Gasteiger partial charge in [-0.25, -0.2) is 0 Å². The number of halogens is 3. The van der Waals surface area contributed by atoms with Crippen molar-refractivity contribution in [2.24, 2.45) is 0 Å². The molecule has 11 heteroatoms. The number of nitrogens with zero attached hydrogens (tertiary/aromatic N) is 2. The molecule has 1 aliphatic rings. The van der Waals surface area contributed by atoms with E-state index < -0.39 is 16.1 Å². The third-order valence-electron chi connectivity index (χ3n) is 5.03. The van der Waals surface area contributed by atoms with Gasteiger partial charge in [0.1, 0.15) is 12.4 Å². The van der Waals surface area contributed by atoms with Crippen molar-refractivity contribution in [3.05, 3.63) is 107 Å². The predicted molar refractivity (Wildman–Crippen MR) is 140 cm³/mol. The fourth-order valence-electron chi connectivity index (χ4n) is 3.33. The minimum absolute atomic E-state index is 0.0432. The van der Waals surface area contributed by atoms with E-state index in [0.29, 0.717) is 32.5 Å². The Morgan fingerprint density at radius 1 is 1.06 bits per heavy atom. The third kappa shape index (κ3) is 5.87. The molecule has 0 atom stereocenters. The number of rotatable bonds is 7. The molecule has 1 aliphatic heterocycles. The molecule has 0 spiro atoms. The van der Waals surface area contributed by atoms with Crippen LogP contribution in [0.2, 0.25) is 10.0 Å². The van der Waals surface area contributed by atoms with Crippen molar-refractivity contribution in [3.8, 4) is 5.75 Å². The third-order valence-corrected chi connectivity index (χ3v) is 7.17. The lowest BCUT2D eigenvalue weighted by Crippen LogP contribution is -2.27. The van der Waals surface area contributed by atoms with Crippen LogP contribution in [-0.4, -0.2) is 21.0 Å². The van der Waals surface area contributed by atoms with Crippen molar-refractivity contribution in [3.63, 3.8) is 0 Å². The number of ether oxygens (including phenoxy) is 1. The first-order valence-corrected chi connectivity index (χ1v) is 12.4. The van der Waals surface area contributed by atoms with Gasteiger partial charge in [0.15, 0.2) is 0 Å².